The summed E-state index contributed by atoms with van der Waals surface area (Å²) in [7, 11) is 0. The third-order valence-electron chi connectivity index (χ3n) is 5.55. The zero-order chi connectivity index (χ0) is 20.1. The van der Waals surface area contributed by atoms with Gasteiger partial charge in [-0.2, -0.15) is 9.97 Å². The molecule has 0 amide bonds. The lowest BCUT2D eigenvalue weighted by molar-refractivity contribution is 0.440. The van der Waals surface area contributed by atoms with Gasteiger partial charge in [-0.15, -0.1) is 0 Å². The highest BCUT2D eigenvalue weighted by Crippen LogP contribution is 2.27. The minimum absolute atomic E-state index is 0.446. The second-order valence-electron chi connectivity index (χ2n) is 8.08. The van der Waals surface area contributed by atoms with Gasteiger partial charge >= 0.3 is 0 Å². The average Bonchev–Trinajstić information content (AvgIpc) is 3.21. The Bertz CT molecular complexity index is 825. The second kappa shape index (κ2) is 9.39. The van der Waals surface area contributed by atoms with Gasteiger partial charge in [0.15, 0.2) is 5.11 Å². The molecule has 1 saturated heterocycles. The van der Waals surface area contributed by atoms with Crippen LogP contribution in [0.5, 0.6) is 11.6 Å². The van der Waals surface area contributed by atoms with Crippen LogP contribution in [0.1, 0.15) is 45.4 Å². The standard InChI is InChI=1S/C22H29N5OS/c1-16-8-7-13-27(15-16)19-14-20(28-18-11-3-2-4-12-18)25-21(24-19)26-22(29)23-17-9-5-6-10-17/h2-4,11-12,14,16-17H,5-10,13,15H2,1H3,(H2,23,24,25,26,29). The van der Waals surface area contributed by atoms with Gasteiger partial charge < -0.3 is 20.3 Å². The lowest BCUT2D eigenvalue weighted by Gasteiger charge is -2.32. The Balaban J connectivity index is 1.54. The minimum Gasteiger partial charge on any atom is -0.439 e. The first kappa shape index (κ1) is 19.9. The molecular weight excluding hydrogens is 382 g/mol. The Morgan fingerprint density at radius 2 is 1.90 bits per heavy atom. The van der Waals surface area contributed by atoms with Crippen LogP contribution in [0.2, 0.25) is 0 Å². The number of hydrogen-bond acceptors (Lipinski definition) is 5. The smallest absolute Gasteiger partial charge is 0.234 e. The Hall–Kier alpha value is -2.41. The van der Waals surface area contributed by atoms with Crippen molar-refractivity contribution in [2.24, 2.45) is 5.92 Å². The summed E-state index contributed by atoms with van der Waals surface area (Å²) < 4.78 is 6.01. The number of rotatable bonds is 5. The number of thiocarbonyl (C=S) groups is 1. The van der Waals surface area contributed by atoms with Gasteiger partial charge in [0.2, 0.25) is 11.8 Å². The van der Waals surface area contributed by atoms with Gasteiger partial charge in [-0.05, 0) is 56.0 Å². The van der Waals surface area contributed by atoms with Crippen LogP contribution in [0.3, 0.4) is 0 Å². The molecular formula is C22H29N5OS. The summed E-state index contributed by atoms with van der Waals surface area (Å²) in [5, 5.41) is 7.14. The van der Waals surface area contributed by atoms with Gasteiger partial charge in [0.05, 0.1) is 0 Å². The van der Waals surface area contributed by atoms with Gasteiger partial charge in [0, 0.05) is 25.2 Å². The maximum atomic E-state index is 6.01. The molecule has 4 rings (SSSR count). The van der Waals surface area contributed by atoms with Crippen molar-refractivity contribution in [3.63, 3.8) is 0 Å². The van der Waals surface area contributed by atoms with E-state index in [0.717, 1.165) is 37.5 Å². The van der Waals surface area contributed by atoms with Crippen LogP contribution in [0, 0.1) is 5.92 Å². The van der Waals surface area contributed by atoms with Crippen molar-refractivity contribution in [2.45, 2.75) is 51.5 Å². The van der Waals surface area contributed by atoms with Crippen molar-refractivity contribution in [2.75, 3.05) is 23.3 Å². The molecule has 6 nitrogen and oxygen atoms in total. The van der Waals surface area contributed by atoms with E-state index in [1.165, 1.54) is 25.7 Å². The third-order valence-corrected chi connectivity index (χ3v) is 5.77. The summed E-state index contributed by atoms with van der Waals surface area (Å²) in [6.07, 6.45) is 7.27. The number of ether oxygens (including phenoxy) is 1. The molecule has 2 fully saturated rings. The van der Waals surface area contributed by atoms with Crippen LogP contribution in [-0.2, 0) is 0 Å². The summed E-state index contributed by atoms with van der Waals surface area (Å²) in [6, 6.07) is 12.1. The molecule has 0 bridgehead atoms. The van der Waals surface area contributed by atoms with E-state index in [9.17, 15) is 0 Å². The highest BCUT2D eigenvalue weighted by atomic mass is 32.1. The monoisotopic (exact) mass is 411 g/mol. The second-order valence-corrected chi connectivity index (χ2v) is 8.48. The molecule has 29 heavy (non-hydrogen) atoms. The van der Waals surface area contributed by atoms with Gasteiger partial charge in [-0.25, -0.2) is 0 Å². The molecule has 0 spiro atoms. The molecule has 1 unspecified atom stereocenters. The maximum Gasteiger partial charge on any atom is 0.234 e. The van der Waals surface area contributed by atoms with Crippen molar-refractivity contribution >= 4 is 29.1 Å². The Morgan fingerprint density at radius 3 is 2.66 bits per heavy atom. The molecule has 1 atom stereocenters. The van der Waals surface area contributed by atoms with Crippen LogP contribution in [0.25, 0.3) is 0 Å². The number of hydrogen-bond donors (Lipinski definition) is 2. The van der Waals surface area contributed by atoms with E-state index in [0.29, 0.717) is 28.9 Å². The lowest BCUT2D eigenvalue weighted by atomic mass is 10.0. The fraction of sp³-hybridized carbons (Fsp3) is 0.500. The van der Waals surface area contributed by atoms with Crippen LogP contribution < -0.4 is 20.3 Å². The molecule has 2 aliphatic rings. The Kier molecular flexibility index (Phi) is 6.44. The number of benzene rings is 1. The van der Waals surface area contributed by atoms with Crippen molar-refractivity contribution in [1.29, 1.82) is 0 Å². The van der Waals surface area contributed by atoms with E-state index in [2.05, 4.69) is 27.4 Å². The fourth-order valence-electron chi connectivity index (χ4n) is 4.08. The number of piperidine rings is 1. The lowest BCUT2D eigenvalue weighted by Crippen LogP contribution is -2.37. The predicted molar refractivity (Wildman–Crippen MR) is 121 cm³/mol. The Morgan fingerprint density at radius 1 is 1.10 bits per heavy atom. The first-order valence-electron chi connectivity index (χ1n) is 10.6. The first-order chi connectivity index (χ1) is 14.2. The van der Waals surface area contributed by atoms with Gasteiger partial charge in [0.25, 0.3) is 0 Å². The highest BCUT2D eigenvalue weighted by Gasteiger charge is 2.20. The van der Waals surface area contributed by atoms with Gasteiger partial charge in [0.1, 0.15) is 11.6 Å². The molecule has 1 aromatic heterocycles. The zero-order valence-corrected chi connectivity index (χ0v) is 17.8. The van der Waals surface area contributed by atoms with Crippen LogP contribution in [-0.4, -0.2) is 34.2 Å². The summed E-state index contributed by atoms with van der Waals surface area (Å²) in [4.78, 5) is 11.6. The van der Waals surface area contributed by atoms with Gasteiger partial charge in [-0.1, -0.05) is 38.0 Å². The number of nitrogens with one attached hydrogen (secondary N) is 2. The fourth-order valence-corrected chi connectivity index (χ4v) is 4.34. The molecule has 1 aliphatic carbocycles. The summed E-state index contributed by atoms with van der Waals surface area (Å²) in [6.45, 7) is 4.27. The largest absolute Gasteiger partial charge is 0.439 e. The zero-order valence-electron chi connectivity index (χ0n) is 16.9. The molecule has 2 aromatic rings. The van der Waals surface area contributed by atoms with E-state index in [1.54, 1.807) is 0 Å². The predicted octanol–water partition coefficient (Wildman–Crippen LogP) is 4.73. The average molecular weight is 412 g/mol. The van der Waals surface area contributed by atoms with E-state index in [-0.39, 0.29) is 0 Å². The number of aromatic nitrogens is 2. The molecule has 0 radical (unpaired) electrons. The maximum absolute atomic E-state index is 6.01. The Labute approximate surface area is 178 Å². The highest BCUT2D eigenvalue weighted by molar-refractivity contribution is 7.80. The molecule has 1 saturated carbocycles. The third kappa shape index (κ3) is 5.56. The topological polar surface area (TPSA) is 62.3 Å². The van der Waals surface area contributed by atoms with E-state index >= 15 is 0 Å². The van der Waals surface area contributed by atoms with Crippen LogP contribution in [0.15, 0.2) is 36.4 Å². The molecule has 154 valence electrons. The molecule has 1 aromatic carbocycles. The number of anilines is 2. The van der Waals surface area contributed by atoms with Crippen molar-refractivity contribution in [1.82, 2.24) is 15.3 Å². The first-order valence-corrected chi connectivity index (χ1v) is 11.0. The van der Waals surface area contributed by atoms with Crippen molar-refractivity contribution < 1.29 is 4.74 Å². The summed E-state index contributed by atoms with van der Waals surface area (Å²) in [5.74, 6) is 3.27. The van der Waals surface area contributed by atoms with Gasteiger partial charge in [-0.3, -0.25) is 0 Å². The number of para-hydroxylation sites is 1. The van der Waals surface area contributed by atoms with E-state index < -0.39 is 0 Å². The summed E-state index contributed by atoms with van der Waals surface area (Å²) >= 11 is 5.51. The van der Waals surface area contributed by atoms with Crippen molar-refractivity contribution in [3.8, 4) is 11.6 Å². The normalized spacial score (nSPS) is 19.8. The molecule has 2 N–H and O–H groups in total. The molecule has 7 heteroatoms. The molecule has 2 heterocycles. The SMILES string of the molecule is CC1CCCN(c2cc(Oc3ccccc3)nc(NC(=S)NC3CCCC3)n2)C1. The quantitative estimate of drug-likeness (QED) is 0.689. The number of nitrogens with zero attached hydrogens (tertiary/aromatic N) is 3. The molecule has 1 aliphatic heterocycles. The van der Waals surface area contributed by atoms with Crippen LogP contribution >= 0.6 is 12.2 Å². The van der Waals surface area contributed by atoms with Crippen molar-refractivity contribution in [3.05, 3.63) is 36.4 Å². The minimum atomic E-state index is 0.446. The van der Waals surface area contributed by atoms with Crippen LogP contribution in [0.4, 0.5) is 11.8 Å². The van der Waals surface area contributed by atoms with E-state index in [4.69, 9.17) is 21.9 Å². The summed E-state index contributed by atoms with van der Waals surface area (Å²) in [5.41, 5.74) is 0. The van der Waals surface area contributed by atoms with E-state index in [1.807, 2.05) is 36.4 Å².